The van der Waals surface area contributed by atoms with Gasteiger partial charge in [0.1, 0.15) is 35.2 Å². The summed E-state index contributed by atoms with van der Waals surface area (Å²) in [6.07, 6.45) is -8.87. The highest BCUT2D eigenvalue weighted by Crippen LogP contribution is 2.67. The summed E-state index contributed by atoms with van der Waals surface area (Å²) in [7, 11) is 0. The van der Waals surface area contributed by atoms with Crippen LogP contribution in [-0.2, 0) is 12.1 Å². The number of hydrogen-bond donors (Lipinski definition) is 1. The van der Waals surface area contributed by atoms with Crippen LogP contribution in [0.2, 0.25) is 0 Å². The Morgan fingerprint density at radius 2 is 1.81 bits per heavy atom. The summed E-state index contributed by atoms with van der Waals surface area (Å²) < 4.78 is 96.6. The number of halogens is 7. The molecule has 1 unspecified atom stereocenters. The first kappa shape index (κ1) is 19.4. The van der Waals surface area contributed by atoms with Crippen molar-refractivity contribution in [1.29, 1.82) is 0 Å². The second-order valence-electron chi connectivity index (χ2n) is 6.22. The molecule has 1 aliphatic rings. The Labute approximate surface area is 147 Å². The van der Waals surface area contributed by atoms with Crippen molar-refractivity contribution in [3.63, 3.8) is 0 Å². The van der Waals surface area contributed by atoms with Crippen LogP contribution in [0.25, 0.3) is 0 Å². The number of alkyl halides is 6. The Balaban J connectivity index is 2.06. The number of benzene rings is 1. The number of ether oxygens (including phenoxy) is 1. The average Bonchev–Trinajstić information content (AvgIpc) is 3.20. The molecule has 0 amide bonds. The van der Waals surface area contributed by atoms with Crippen molar-refractivity contribution < 1.29 is 40.6 Å². The quantitative estimate of drug-likeness (QED) is 0.782. The molecule has 0 aliphatic heterocycles. The van der Waals surface area contributed by atoms with Crippen LogP contribution < -0.4 is 4.74 Å². The standard InChI is InChI=1S/C15H12F7N3O2/c16-11-5-9(27-15(20,21)22)1-2-10(11)13(26,6-25-8-23-7-24-25)12(3-4-12)14(17,18)19/h1-2,5,7-8,26H,3-4,6H2. The van der Waals surface area contributed by atoms with Gasteiger partial charge in [-0.15, -0.1) is 13.2 Å². The maximum atomic E-state index is 14.5. The van der Waals surface area contributed by atoms with Gasteiger partial charge in [-0.1, -0.05) is 0 Å². The van der Waals surface area contributed by atoms with Gasteiger partial charge in [-0.05, 0) is 25.0 Å². The molecule has 1 fully saturated rings. The lowest BCUT2D eigenvalue weighted by molar-refractivity contribution is -0.274. The van der Waals surface area contributed by atoms with Gasteiger partial charge in [0.15, 0.2) is 0 Å². The maximum Gasteiger partial charge on any atom is 0.573 e. The summed E-state index contributed by atoms with van der Waals surface area (Å²) in [4.78, 5) is 3.56. The van der Waals surface area contributed by atoms with Crippen LogP contribution in [-0.4, -0.2) is 32.4 Å². The molecule has 0 spiro atoms. The monoisotopic (exact) mass is 399 g/mol. The van der Waals surface area contributed by atoms with E-state index in [0.29, 0.717) is 12.1 Å². The average molecular weight is 399 g/mol. The van der Waals surface area contributed by atoms with Crippen LogP contribution >= 0.6 is 0 Å². The molecule has 1 atom stereocenters. The molecule has 1 aromatic heterocycles. The first-order chi connectivity index (χ1) is 12.4. The van der Waals surface area contributed by atoms with E-state index in [1.54, 1.807) is 0 Å². The van der Waals surface area contributed by atoms with Crippen LogP contribution in [0.1, 0.15) is 18.4 Å². The van der Waals surface area contributed by atoms with E-state index in [1.807, 2.05) is 0 Å². The van der Waals surface area contributed by atoms with Gasteiger partial charge in [0.2, 0.25) is 0 Å². The SMILES string of the molecule is OC(Cn1cncn1)(c1ccc(OC(F)(F)F)cc1F)C1(C(F)(F)F)CC1. The van der Waals surface area contributed by atoms with Gasteiger partial charge in [0, 0.05) is 11.6 Å². The summed E-state index contributed by atoms with van der Waals surface area (Å²) in [5.41, 5.74) is -6.26. The molecule has 0 radical (unpaired) electrons. The summed E-state index contributed by atoms with van der Waals surface area (Å²) in [5.74, 6) is -2.42. The zero-order chi connectivity index (χ0) is 20.1. The van der Waals surface area contributed by atoms with E-state index in [4.69, 9.17) is 0 Å². The predicted molar refractivity (Wildman–Crippen MR) is 74.7 cm³/mol. The van der Waals surface area contributed by atoms with Gasteiger partial charge in [-0.3, -0.25) is 0 Å². The molecule has 2 aromatic rings. The number of nitrogens with zero attached hydrogens (tertiary/aromatic N) is 3. The van der Waals surface area contributed by atoms with Gasteiger partial charge in [0.25, 0.3) is 0 Å². The summed E-state index contributed by atoms with van der Waals surface area (Å²) >= 11 is 0. The second kappa shape index (κ2) is 6.08. The van der Waals surface area contributed by atoms with Crippen LogP contribution in [0, 0.1) is 11.2 Å². The Bertz CT molecular complexity index is 816. The van der Waals surface area contributed by atoms with Crippen molar-refractivity contribution in [1.82, 2.24) is 14.8 Å². The molecule has 1 heterocycles. The minimum atomic E-state index is -5.10. The van der Waals surface area contributed by atoms with Crippen LogP contribution in [0.3, 0.4) is 0 Å². The molecular weight excluding hydrogens is 387 g/mol. The zero-order valence-electron chi connectivity index (χ0n) is 13.4. The van der Waals surface area contributed by atoms with Gasteiger partial charge in [0.05, 0.1) is 6.54 Å². The summed E-state index contributed by atoms with van der Waals surface area (Å²) in [5, 5.41) is 14.6. The molecule has 1 aliphatic carbocycles. The molecule has 12 heteroatoms. The van der Waals surface area contributed by atoms with Crippen molar-refractivity contribution in [3.8, 4) is 5.75 Å². The molecule has 1 N–H and O–H groups in total. The molecular formula is C15H12F7N3O2. The van der Waals surface area contributed by atoms with Crippen molar-refractivity contribution >= 4 is 0 Å². The third-order valence-corrected chi connectivity index (χ3v) is 4.56. The minimum Gasteiger partial charge on any atom is -0.406 e. The zero-order valence-corrected chi connectivity index (χ0v) is 13.4. The lowest BCUT2D eigenvalue weighted by atomic mass is 9.77. The largest absolute Gasteiger partial charge is 0.573 e. The fourth-order valence-electron chi connectivity index (χ4n) is 3.13. The smallest absolute Gasteiger partial charge is 0.406 e. The molecule has 0 saturated heterocycles. The number of rotatable bonds is 5. The Morgan fingerprint density at radius 1 is 1.15 bits per heavy atom. The van der Waals surface area contributed by atoms with Crippen LogP contribution in [0.15, 0.2) is 30.9 Å². The molecule has 27 heavy (non-hydrogen) atoms. The highest BCUT2D eigenvalue weighted by molar-refractivity contribution is 5.36. The third-order valence-electron chi connectivity index (χ3n) is 4.56. The molecule has 0 bridgehead atoms. The Kier molecular flexibility index (Phi) is 4.36. The normalized spacial score (nSPS) is 18.8. The third kappa shape index (κ3) is 3.45. The van der Waals surface area contributed by atoms with Crippen LogP contribution in [0.4, 0.5) is 30.7 Å². The Morgan fingerprint density at radius 3 is 2.26 bits per heavy atom. The summed E-state index contributed by atoms with van der Waals surface area (Å²) in [6.45, 7) is -0.789. The fourth-order valence-corrected chi connectivity index (χ4v) is 3.13. The lowest BCUT2D eigenvalue weighted by Crippen LogP contribution is -2.49. The number of hydrogen-bond acceptors (Lipinski definition) is 4. The molecule has 5 nitrogen and oxygen atoms in total. The topological polar surface area (TPSA) is 60.2 Å². The Hall–Kier alpha value is -2.37. The fraction of sp³-hybridized carbons (Fsp3) is 0.467. The molecule has 3 rings (SSSR count). The van der Waals surface area contributed by atoms with Gasteiger partial charge >= 0.3 is 12.5 Å². The van der Waals surface area contributed by atoms with E-state index in [2.05, 4.69) is 14.8 Å². The summed E-state index contributed by atoms with van der Waals surface area (Å²) in [6, 6.07) is 1.57. The highest BCUT2D eigenvalue weighted by Gasteiger charge is 2.74. The van der Waals surface area contributed by atoms with E-state index >= 15 is 0 Å². The first-order valence-electron chi connectivity index (χ1n) is 7.55. The minimum absolute atomic E-state index is 0.279. The van der Waals surface area contributed by atoms with E-state index < -0.39 is 60.1 Å². The molecule has 1 saturated carbocycles. The van der Waals surface area contributed by atoms with Crippen molar-refractivity contribution in [2.75, 3.05) is 0 Å². The highest BCUT2D eigenvalue weighted by atomic mass is 19.4. The van der Waals surface area contributed by atoms with E-state index in [1.165, 1.54) is 0 Å². The number of aromatic nitrogens is 3. The van der Waals surface area contributed by atoms with E-state index in [-0.39, 0.29) is 6.07 Å². The second-order valence-corrected chi connectivity index (χ2v) is 6.22. The predicted octanol–water partition coefficient (Wildman–Crippen LogP) is 3.55. The lowest BCUT2D eigenvalue weighted by Gasteiger charge is -2.38. The van der Waals surface area contributed by atoms with Gasteiger partial charge in [-0.2, -0.15) is 18.3 Å². The van der Waals surface area contributed by atoms with Crippen molar-refractivity contribution in [2.45, 2.75) is 37.5 Å². The molecule has 148 valence electrons. The van der Waals surface area contributed by atoms with E-state index in [9.17, 15) is 35.8 Å². The number of aliphatic hydroxyl groups is 1. The van der Waals surface area contributed by atoms with Crippen LogP contribution in [0.5, 0.6) is 5.75 Å². The van der Waals surface area contributed by atoms with E-state index in [0.717, 1.165) is 17.3 Å². The first-order valence-corrected chi connectivity index (χ1v) is 7.55. The van der Waals surface area contributed by atoms with Crippen molar-refractivity contribution in [3.05, 3.63) is 42.2 Å². The maximum absolute atomic E-state index is 14.5. The molecule has 1 aromatic carbocycles. The van der Waals surface area contributed by atoms with Gasteiger partial charge < -0.3 is 9.84 Å². The van der Waals surface area contributed by atoms with Crippen molar-refractivity contribution in [2.24, 2.45) is 5.41 Å². The van der Waals surface area contributed by atoms with Gasteiger partial charge in [-0.25, -0.2) is 14.1 Å².